The van der Waals surface area contributed by atoms with E-state index >= 15 is 0 Å². The van der Waals surface area contributed by atoms with Gasteiger partial charge in [0.05, 0.1) is 5.75 Å². The summed E-state index contributed by atoms with van der Waals surface area (Å²) >= 11 is 1.47. The molecule has 0 aromatic heterocycles. The second kappa shape index (κ2) is 8.82. The molecule has 6 heteroatoms. The number of amides is 2. The lowest BCUT2D eigenvalue weighted by Crippen LogP contribution is -2.33. The summed E-state index contributed by atoms with van der Waals surface area (Å²) in [6.07, 6.45) is -0.432. The number of benzene rings is 1. The molecule has 2 N–H and O–H groups in total. The Kier molecular flexibility index (Phi) is 7.42. The zero-order valence-electron chi connectivity index (χ0n) is 14.5. The molecule has 0 fully saturated rings. The molecule has 0 saturated carbocycles. The highest BCUT2D eigenvalue weighted by Gasteiger charge is 2.15. The van der Waals surface area contributed by atoms with Crippen molar-refractivity contribution in [2.45, 2.75) is 40.2 Å². The molecule has 0 radical (unpaired) electrons. The van der Waals surface area contributed by atoms with Gasteiger partial charge in [-0.2, -0.15) is 11.8 Å². The van der Waals surface area contributed by atoms with Gasteiger partial charge in [-0.1, -0.05) is 12.1 Å². The van der Waals surface area contributed by atoms with E-state index < -0.39 is 11.7 Å². The van der Waals surface area contributed by atoms with E-state index in [9.17, 15) is 9.59 Å². The number of rotatable bonds is 6. The zero-order chi connectivity index (χ0) is 17.5. The van der Waals surface area contributed by atoms with Gasteiger partial charge in [-0.15, -0.1) is 0 Å². The quantitative estimate of drug-likeness (QED) is 0.779. The summed E-state index contributed by atoms with van der Waals surface area (Å²) in [5.41, 5.74) is 2.58. The van der Waals surface area contributed by atoms with Crippen LogP contribution in [0.3, 0.4) is 0 Å². The van der Waals surface area contributed by atoms with E-state index in [1.165, 1.54) is 11.8 Å². The molecule has 0 aliphatic rings. The summed E-state index contributed by atoms with van der Waals surface area (Å²) in [5.74, 6) is 0.962. The largest absolute Gasteiger partial charge is 0.444 e. The van der Waals surface area contributed by atoms with Crippen LogP contribution >= 0.6 is 11.8 Å². The molecule has 5 nitrogen and oxygen atoms in total. The lowest BCUT2D eigenvalue weighted by atomic mass is 10.1. The van der Waals surface area contributed by atoms with E-state index in [4.69, 9.17) is 4.74 Å². The van der Waals surface area contributed by atoms with Crippen molar-refractivity contribution in [2.24, 2.45) is 0 Å². The average Bonchev–Trinajstić information content (AvgIpc) is 2.41. The number of anilines is 1. The highest BCUT2D eigenvalue weighted by Crippen LogP contribution is 2.18. The third-order valence-electron chi connectivity index (χ3n) is 3.03. The lowest BCUT2D eigenvalue weighted by molar-refractivity contribution is -0.113. The average molecular weight is 338 g/mol. The number of nitrogens with one attached hydrogen (secondary N) is 2. The number of aryl methyl sites for hydroxylation is 1. The van der Waals surface area contributed by atoms with E-state index in [2.05, 4.69) is 10.6 Å². The van der Waals surface area contributed by atoms with Crippen LogP contribution in [0.5, 0.6) is 0 Å². The first-order valence-corrected chi connectivity index (χ1v) is 8.75. The number of thioether (sulfide) groups is 1. The molecular weight excluding hydrogens is 312 g/mol. The minimum absolute atomic E-state index is 0.0408. The van der Waals surface area contributed by atoms with Gasteiger partial charge in [-0.05, 0) is 51.8 Å². The molecule has 0 spiro atoms. The molecule has 1 aromatic rings. The number of carbonyl (C=O) groups excluding carboxylic acids is 2. The molecule has 0 aliphatic carbocycles. The Morgan fingerprint density at radius 2 is 1.91 bits per heavy atom. The highest BCUT2D eigenvalue weighted by atomic mass is 32.2. The summed E-state index contributed by atoms with van der Waals surface area (Å²) in [4.78, 5) is 23.4. The standard InChI is InChI=1S/C17H26N2O3S/c1-12-7-6-8-14(13(12)2)19-15(20)11-23-10-9-18-16(21)22-17(3,4)5/h6-8H,9-11H2,1-5H3,(H,18,21)(H,19,20). The van der Waals surface area contributed by atoms with Gasteiger partial charge in [0.15, 0.2) is 0 Å². The van der Waals surface area contributed by atoms with Crippen LogP contribution in [0.15, 0.2) is 18.2 Å². The zero-order valence-corrected chi connectivity index (χ0v) is 15.3. The minimum Gasteiger partial charge on any atom is -0.444 e. The van der Waals surface area contributed by atoms with E-state index in [-0.39, 0.29) is 5.91 Å². The van der Waals surface area contributed by atoms with Crippen LogP contribution in [-0.4, -0.2) is 35.7 Å². The predicted molar refractivity (Wildman–Crippen MR) is 96.1 cm³/mol. The smallest absolute Gasteiger partial charge is 0.407 e. The lowest BCUT2D eigenvalue weighted by Gasteiger charge is -2.19. The van der Waals surface area contributed by atoms with Crippen LogP contribution in [0, 0.1) is 13.8 Å². The first-order chi connectivity index (χ1) is 10.7. The molecule has 2 amide bonds. The van der Waals surface area contributed by atoms with Crippen LogP contribution in [0.2, 0.25) is 0 Å². The first kappa shape index (κ1) is 19.4. The van der Waals surface area contributed by atoms with Crippen LogP contribution in [0.25, 0.3) is 0 Å². The summed E-state index contributed by atoms with van der Waals surface area (Å²) in [6, 6.07) is 5.84. The third kappa shape index (κ3) is 7.93. The van der Waals surface area contributed by atoms with Gasteiger partial charge in [-0.25, -0.2) is 4.79 Å². The summed E-state index contributed by atoms with van der Waals surface area (Å²) < 4.78 is 5.13. The maximum Gasteiger partial charge on any atom is 0.407 e. The third-order valence-corrected chi connectivity index (χ3v) is 3.99. The summed E-state index contributed by atoms with van der Waals surface area (Å²) in [6.45, 7) is 9.93. The van der Waals surface area contributed by atoms with Gasteiger partial charge in [-0.3, -0.25) is 4.79 Å². The second-order valence-corrected chi connectivity index (χ2v) is 7.38. The Morgan fingerprint density at radius 1 is 1.22 bits per heavy atom. The van der Waals surface area contributed by atoms with Gasteiger partial charge in [0.2, 0.25) is 5.91 Å². The minimum atomic E-state index is -0.497. The van der Waals surface area contributed by atoms with Crippen molar-refractivity contribution in [1.82, 2.24) is 5.32 Å². The molecule has 23 heavy (non-hydrogen) atoms. The van der Waals surface area contributed by atoms with Crippen LogP contribution in [0.1, 0.15) is 31.9 Å². The molecule has 0 heterocycles. The van der Waals surface area contributed by atoms with Crippen molar-refractivity contribution in [2.75, 3.05) is 23.4 Å². The predicted octanol–water partition coefficient (Wildman–Crippen LogP) is 3.50. The van der Waals surface area contributed by atoms with E-state index in [1.807, 2.05) is 52.8 Å². The van der Waals surface area contributed by atoms with Crippen LogP contribution in [-0.2, 0) is 9.53 Å². The van der Waals surface area contributed by atoms with Gasteiger partial charge in [0, 0.05) is 18.0 Å². The molecule has 128 valence electrons. The maximum absolute atomic E-state index is 11.9. The molecule has 0 unspecified atom stereocenters. The molecule has 1 aromatic carbocycles. The first-order valence-electron chi connectivity index (χ1n) is 7.59. The Labute approximate surface area is 142 Å². The maximum atomic E-state index is 11.9. The monoisotopic (exact) mass is 338 g/mol. The normalized spacial score (nSPS) is 11.0. The summed E-state index contributed by atoms with van der Waals surface area (Å²) in [5, 5.41) is 5.58. The molecular formula is C17H26N2O3S. The number of alkyl carbamates (subject to hydrolysis) is 1. The van der Waals surface area contributed by atoms with Crippen molar-refractivity contribution in [1.29, 1.82) is 0 Å². The second-order valence-electron chi connectivity index (χ2n) is 6.28. The Morgan fingerprint density at radius 3 is 2.57 bits per heavy atom. The van der Waals surface area contributed by atoms with Gasteiger partial charge in [0.1, 0.15) is 5.60 Å². The van der Waals surface area contributed by atoms with Crippen LogP contribution in [0.4, 0.5) is 10.5 Å². The van der Waals surface area contributed by atoms with Crippen molar-refractivity contribution < 1.29 is 14.3 Å². The SMILES string of the molecule is Cc1cccc(NC(=O)CSCCNC(=O)OC(C)(C)C)c1C. The Balaban J connectivity index is 2.22. The molecule has 1 rings (SSSR count). The fourth-order valence-electron chi connectivity index (χ4n) is 1.78. The van der Waals surface area contributed by atoms with E-state index in [0.29, 0.717) is 18.1 Å². The van der Waals surface area contributed by atoms with Crippen molar-refractivity contribution in [3.05, 3.63) is 29.3 Å². The van der Waals surface area contributed by atoms with Crippen molar-refractivity contribution in [3.63, 3.8) is 0 Å². The molecule has 0 atom stereocenters. The van der Waals surface area contributed by atoms with Gasteiger partial charge >= 0.3 is 6.09 Å². The highest BCUT2D eigenvalue weighted by molar-refractivity contribution is 7.99. The van der Waals surface area contributed by atoms with Gasteiger partial charge < -0.3 is 15.4 Å². The van der Waals surface area contributed by atoms with Crippen molar-refractivity contribution >= 4 is 29.4 Å². The number of ether oxygens (including phenoxy) is 1. The number of carbonyl (C=O) groups is 2. The van der Waals surface area contributed by atoms with E-state index in [0.717, 1.165) is 16.8 Å². The molecule has 0 bridgehead atoms. The van der Waals surface area contributed by atoms with Gasteiger partial charge in [0.25, 0.3) is 0 Å². The fourth-order valence-corrected chi connectivity index (χ4v) is 2.43. The number of hydrogen-bond donors (Lipinski definition) is 2. The number of hydrogen-bond acceptors (Lipinski definition) is 4. The molecule has 0 saturated heterocycles. The van der Waals surface area contributed by atoms with Crippen molar-refractivity contribution in [3.8, 4) is 0 Å². The van der Waals surface area contributed by atoms with Crippen LogP contribution < -0.4 is 10.6 Å². The molecule has 0 aliphatic heterocycles. The van der Waals surface area contributed by atoms with E-state index in [1.54, 1.807) is 0 Å². The topological polar surface area (TPSA) is 67.4 Å². The Bertz CT molecular complexity index is 553. The Hall–Kier alpha value is -1.69. The fraction of sp³-hybridized carbons (Fsp3) is 0.529. The summed E-state index contributed by atoms with van der Waals surface area (Å²) in [7, 11) is 0.